The molecule has 3 N–H and O–H groups in total. The van der Waals surface area contributed by atoms with Crippen LogP contribution >= 0.6 is 7.26 Å². The number of amides is 1. The van der Waals surface area contributed by atoms with Gasteiger partial charge in [0.05, 0.1) is 12.2 Å². The molecule has 1 amide bonds. The van der Waals surface area contributed by atoms with Crippen molar-refractivity contribution in [3.05, 3.63) is 103 Å². The maximum atomic E-state index is 14.4. The number of carbonyl (C=O) groups excluding carboxylic acids is 2. The molecule has 322 valence electrons. The van der Waals surface area contributed by atoms with E-state index in [0.29, 0.717) is 19.4 Å². The molecule has 59 heavy (non-hydrogen) atoms. The Hall–Kier alpha value is -4.41. The molecule has 13 heteroatoms. The van der Waals surface area contributed by atoms with Gasteiger partial charge in [0.25, 0.3) is 0 Å². The molecule has 2 aliphatic rings. The van der Waals surface area contributed by atoms with E-state index in [1.807, 2.05) is 97.1 Å². The second-order valence-electron chi connectivity index (χ2n) is 15.6. The van der Waals surface area contributed by atoms with E-state index in [9.17, 15) is 36.7 Å². The number of carboxylic acids is 2. The number of fused-ring (bicyclic) bond motifs is 2. The molecule has 5 rings (SSSR count). The molecule has 2 fully saturated rings. The third-order valence-electron chi connectivity index (χ3n) is 11.4. The van der Waals surface area contributed by atoms with Gasteiger partial charge in [0, 0.05) is 38.1 Å². The van der Waals surface area contributed by atoms with Gasteiger partial charge in [-0.3, -0.25) is 9.59 Å². The van der Waals surface area contributed by atoms with Crippen LogP contribution in [0.5, 0.6) is 0 Å². The number of nitrogens with one attached hydrogen (secondary N) is 1. The van der Waals surface area contributed by atoms with Crippen molar-refractivity contribution in [2.45, 2.75) is 114 Å². The summed E-state index contributed by atoms with van der Waals surface area (Å²) in [4.78, 5) is 45.3. The molecule has 0 spiro atoms. The molecule has 0 aliphatic carbocycles. The van der Waals surface area contributed by atoms with Gasteiger partial charge in [0.15, 0.2) is 0 Å². The summed E-state index contributed by atoms with van der Waals surface area (Å²) < 4.78 is 61.0. The Morgan fingerprint density at radius 2 is 1.29 bits per heavy atom. The van der Waals surface area contributed by atoms with Crippen molar-refractivity contribution in [1.82, 2.24) is 5.32 Å². The average molecular weight is 844 g/mol. The van der Waals surface area contributed by atoms with E-state index in [2.05, 4.69) is 12.2 Å². The SMILES string of the molecule is CCCCCC(=O)CCC(=O)NC[C@H]1[C@@H](C/C=C\CCC(F)(F)C(=O)O)[C@H]2CC[C@@H]1O2.O=C(O)CC(F)(F)CC[PH](c1ccccc1)(c1ccccc1)c1ccccc1. The topological polar surface area (TPSA) is 130 Å². The monoisotopic (exact) mass is 843 g/mol. The summed E-state index contributed by atoms with van der Waals surface area (Å²) in [5, 5.41) is 23.4. The first-order chi connectivity index (χ1) is 28.2. The van der Waals surface area contributed by atoms with E-state index < -0.39 is 50.3 Å². The molecule has 2 aliphatic heterocycles. The van der Waals surface area contributed by atoms with Gasteiger partial charge in [-0.1, -0.05) is 31.9 Å². The van der Waals surface area contributed by atoms with E-state index in [4.69, 9.17) is 14.9 Å². The fourth-order valence-electron chi connectivity index (χ4n) is 8.27. The van der Waals surface area contributed by atoms with Crippen LogP contribution in [0.1, 0.15) is 90.4 Å². The number of carboxylic acid groups (broad SMARTS) is 2. The Balaban J connectivity index is 0.000000262. The number of aliphatic carboxylic acids is 2. The van der Waals surface area contributed by atoms with Gasteiger partial charge in [-0.05, 0) is 38.0 Å². The number of hydrogen-bond donors (Lipinski definition) is 3. The zero-order valence-electron chi connectivity index (χ0n) is 33.7. The van der Waals surface area contributed by atoms with Crippen molar-refractivity contribution < 1.29 is 51.7 Å². The molecule has 0 aromatic heterocycles. The molecule has 3 aromatic carbocycles. The zero-order valence-corrected chi connectivity index (χ0v) is 34.7. The number of carbonyl (C=O) groups is 4. The second-order valence-corrected chi connectivity index (χ2v) is 19.6. The third-order valence-corrected chi connectivity index (χ3v) is 16.4. The Morgan fingerprint density at radius 3 is 1.80 bits per heavy atom. The van der Waals surface area contributed by atoms with Crippen LogP contribution in [0.4, 0.5) is 17.6 Å². The van der Waals surface area contributed by atoms with Crippen molar-refractivity contribution in [3.63, 3.8) is 0 Å². The Kier molecular flexibility index (Phi) is 18.3. The fraction of sp³-hybridized carbons (Fsp3) is 0.478. The van der Waals surface area contributed by atoms with Crippen LogP contribution in [0, 0.1) is 11.8 Å². The summed E-state index contributed by atoms with van der Waals surface area (Å²) >= 11 is 0. The van der Waals surface area contributed by atoms with Crippen molar-refractivity contribution in [2.75, 3.05) is 12.7 Å². The van der Waals surface area contributed by atoms with Gasteiger partial charge in [-0.25, -0.2) is 4.79 Å². The summed E-state index contributed by atoms with van der Waals surface area (Å²) in [6.07, 6.45) is 8.04. The van der Waals surface area contributed by atoms with Crippen LogP contribution in [-0.4, -0.2) is 70.6 Å². The molecule has 0 unspecified atom stereocenters. The van der Waals surface area contributed by atoms with Crippen molar-refractivity contribution >= 4 is 46.8 Å². The number of ketones is 1. The summed E-state index contributed by atoms with van der Waals surface area (Å²) in [7, 11) is -2.76. The van der Waals surface area contributed by atoms with Crippen LogP contribution in [0.2, 0.25) is 0 Å². The summed E-state index contributed by atoms with van der Waals surface area (Å²) in [5.74, 6) is -10.2. The van der Waals surface area contributed by atoms with Gasteiger partial charge in [0.2, 0.25) is 5.91 Å². The molecule has 4 atom stereocenters. The number of unbranched alkanes of at least 4 members (excludes halogenated alkanes) is 2. The number of benzene rings is 3. The quantitative estimate of drug-likeness (QED) is 0.0378. The van der Waals surface area contributed by atoms with Crippen LogP contribution in [-0.2, 0) is 23.9 Å². The summed E-state index contributed by atoms with van der Waals surface area (Å²) in [5.41, 5.74) is 0. The van der Waals surface area contributed by atoms with E-state index in [1.54, 1.807) is 6.08 Å². The minimum absolute atomic E-state index is 0.00530. The number of hydrogen-bond acceptors (Lipinski definition) is 5. The van der Waals surface area contributed by atoms with Gasteiger partial charge in [-0.15, -0.1) is 0 Å². The Bertz CT molecular complexity index is 1720. The van der Waals surface area contributed by atoms with E-state index >= 15 is 0 Å². The van der Waals surface area contributed by atoms with Gasteiger partial charge >= 0.3 is 176 Å². The first-order valence-corrected chi connectivity index (χ1v) is 22.9. The van der Waals surface area contributed by atoms with Crippen LogP contribution < -0.4 is 21.2 Å². The Morgan fingerprint density at radius 1 is 0.746 bits per heavy atom. The maximum absolute atomic E-state index is 14.4. The van der Waals surface area contributed by atoms with Gasteiger partial charge < -0.3 is 15.2 Å². The third kappa shape index (κ3) is 14.1. The number of alkyl halides is 4. The molecule has 2 heterocycles. The molecular weight excluding hydrogens is 785 g/mol. The molecular formula is C46H58F4NO7P. The first-order valence-electron chi connectivity index (χ1n) is 20.6. The molecule has 0 saturated carbocycles. The summed E-state index contributed by atoms with van der Waals surface area (Å²) in [6.45, 7) is 2.57. The predicted octanol–water partition coefficient (Wildman–Crippen LogP) is 8.49. The minimum atomic E-state index is -3.70. The second kappa shape index (κ2) is 22.8. The molecule has 8 nitrogen and oxygen atoms in total. The van der Waals surface area contributed by atoms with Crippen LogP contribution in [0.15, 0.2) is 103 Å². The molecule has 2 bridgehead atoms. The van der Waals surface area contributed by atoms with E-state index in [1.165, 1.54) is 0 Å². The first kappa shape index (κ1) is 47.3. The predicted molar refractivity (Wildman–Crippen MR) is 225 cm³/mol. The van der Waals surface area contributed by atoms with Crippen LogP contribution in [0.25, 0.3) is 0 Å². The standard InChI is InChI=1S/C23H35F2NO5.C23H23F2O2P/c1-2-3-5-8-16(27)10-13-21(28)26-15-18-17(19-11-12-20(18)31-19)9-6-4-7-14-23(24,25)22(29)30;24-23(25,18-22(26)27)16-17-28(19-10-4-1-5-11-19,20-12-6-2-7-13-20)21-14-8-3-9-15-21/h4,6,17-20H,2-3,5,7-15H2,1H3,(H,26,28)(H,29,30);1-15,28H,16-18H2,(H,26,27)/b6-4-;/t17-,18+,19-,20+;/m1./s1. The zero-order chi connectivity index (χ0) is 42.9. The number of rotatable bonds is 23. The molecule has 2 saturated heterocycles. The number of Topliss-reactive ketones (excluding diaryl/α,β-unsaturated/α-hetero) is 1. The van der Waals surface area contributed by atoms with Gasteiger partial charge in [-0.2, -0.15) is 8.78 Å². The van der Waals surface area contributed by atoms with Crippen molar-refractivity contribution in [1.29, 1.82) is 0 Å². The van der Waals surface area contributed by atoms with Crippen LogP contribution in [0.3, 0.4) is 0 Å². The van der Waals surface area contributed by atoms with E-state index in [0.717, 1.165) is 48.0 Å². The number of ether oxygens (including phenoxy) is 1. The molecule has 3 aromatic rings. The van der Waals surface area contributed by atoms with Crippen molar-refractivity contribution in [2.24, 2.45) is 11.8 Å². The normalized spacial score (nSPS) is 19.2. The molecule has 0 radical (unpaired) electrons. The number of halogens is 4. The van der Waals surface area contributed by atoms with E-state index in [-0.39, 0.29) is 61.2 Å². The number of allylic oxidation sites excluding steroid dienone is 2. The summed E-state index contributed by atoms with van der Waals surface area (Å²) in [6, 6.07) is 29.3. The van der Waals surface area contributed by atoms with Gasteiger partial charge in [0.1, 0.15) is 5.78 Å². The average Bonchev–Trinajstić information content (AvgIpc) is 3.83. The Labute approximate surface area is 345 Å². The fourth-order valence-corrected chi connectivity index (χ4v) is 13.2. The van der Waals surface area contributed by atoms with Crippen molar-refractivity contribution in [3.8, 4) is 0 Å².